The van der Waals surface area contributed by atoms with E-state index in [9.17, 15) is 9.18 Å². The van der Waals surface area contributed by atoms with Crippen molar-refractivity contribution in [2.45, 2.75) is 6.92 Å². The van der Waals surface area contributed by atoms with Crippen LogP contribution in [0.4, 0.5) is 4.39 Å². The second-order valence-corrected chi connectivity index (χ2v) is 5.85. The summed E-state index contributed by atoms with van der Waals surface area (Å²) in [7, 11) is 0. The Morgan fingerprint density at radius 3 is 2.52 bits per heavy atom. The summed E-state index contributed by atoms with van der Waals surface area (Å²) in [6.07, 6.45) is 0. The quantitative estimate of drug-likeness (QED) is 0.675. The monoisotopic (exact) mass is 348 g/mol. The normalized spacial score (nSPS) is 10.8. The van der Waals surface area contributed by atoms with Gasteiger partial charge in [0.1, 0.15) is 5.82 Å². The molecule has 0 bridgehead atoms. The Labute approximate surface area is 141 Å². The van der Waals surface area contributed by atoms with E-state index >= 15 is 0 Å². The van der Waals surface area contributed by atoms with Crippen molar-refractivity contribution < 1.29 is 4.39 Å². The average molecular weight is 349 g/mol. The zero-order valence-corrected chi connectivity index (χ0v) is 13.6. The maximum atomic E-state index is 13.4. The molecule has 1 aromatic heterocycles. The molecule has 23 heavy (non-hydrogen) atoms. The molecule has 3 nitrogen and oxygen atoms in total. The number of nitrogens with zero attached hydrogens (tertiary/aromatic N) is 2. The molecule has 0 saturated heterocycles. The van der Waals surface area contributed by atoms with Crippen LogP contribution >= 0.6 is 23.2 Å². The minimum atomic E-state index is -0.436. The topological polar surface area (TPSA) is 34.9 Å². The Hall–Kier alpha value is -2.17. The van der Waals surface area contributed by atoms with E-state index in [1.807, 2.05) is 0 Å². The summed E-state index contributed by atoms with van der Waals surface area (Å²) >= 11 is 12.0. The van der Waals surface area contributed by atoms with E-state index in [-0.39, 0.29) is 5.56 Å². The van der Waals surface area contributed by atoms with Gasteiger partial charge in [0.2, 0.25) is 0 Å². The zero-order chi connectivity index (χ0) is 16.6. The molecule has 0 amide bonds. The molecule has 0 aliphatic heterocycles. The van der Waals surface area contributed by atoms with E-state index in [1.54, 1.807) is 37.3 Å². The molecule has 0 aliphatic rings. The van der Waals surface area contributed by atoms with E-state index in [2.05, 4.69) is 5.10 Å². The van der Waals surface area contributed by atoms with Crippen LogP contribution < -0.4 is 5.56 Å². The highest BCUT2D eigenvalue weighted by atomic mass is 35.5. The Morgan fingerprint density at radius 2 is 1.83 bits per heavy atom. The van der Waals surface area contributed by atoms with Crippen LogP contribution in [0.1, 0.15) is 5.56 Å². The molecule has 1 heterocycles. The Bertz CT molecular complexity index is 954. The summed E-state index contributed by atoms with van der Waals surface area (Å²) < 4.78 is 14.6. The summed E-state index contributed by atoms with van der Waals surface area (Å²) in [5, 5.41) is 5.15. The van der Waals surface area contributed by atoms with Gasteiger partial charge in [-0.05, 0) is 43.3 Å². The van der Waals surface area contributed by atoms with Gasteiger partial charge in [-0.2, -0.15) is 9.78 Å². The van der Waals surface area contributed by atoms with Crippen molar-refractivity contribution in [2.24, 2.45) is 0 Å². The average Bonchev–Trinajstić information content (AvgIpc) is 2.52. The molecule has 116 valence electrons. The van der Waals surface area contributed by atoms with Crippen LogP contribution in [0, 0.1) is 12.7 Å². The number of aromatic nitrogens is 2. The molecule has 0 fully saturated rings. The van der Waals surface area contributed by atoms with E-state index in [4.69, 9.17) is 23.2 Å². The molecule has 0 radical (unpaired) electrons. The number of benzene rings is 2. The number of hydrogen-bond donors (Lipinski definition) is 0. The molecule has 0 spiro atoms. The second kappa shape index (κ2) is 6.14. The molecule has 3 rings (SSSR count). The Kier molecular flexibility index (Phi) is 4.20. The lowest BCUT2D eigenvalue weighted by molar-refractivity contribution is 0.624. The molecular formula is C17H11Cl2FN2O. The van der Waals surface area contributed by atoms with Gasteiger partial charge in [0.05, 0.1) is 21.4 Å². The highest BCUT2D eigenvalue weighted by Gasteiger charge is 2.10. The van der Waals surface area contributed by atoms with Gasteiger partial charge >= 0.3 is 0 Å². The lowest BCUT2D eigenvalue weighted by atomic mass is 10.1. The van der Waals surface area contributed by atoms with Crippen LogP contribution in [-0.4, -0.2) is 9.78 Å². The number of rotatable bonds is 2. The van der Waals surface area contributed by atoms with Crippen LogP contribution in [0.3, 0.4) is 0 Å². The van der Waals surface area contributed by atoms with Gasteiger partial charge in [-0.25, -0.2) is 4.39 Å². The SMILES string of the molecule is Cc1cc(-c2ccc(Cl)c(Cl)c2)nn(-c2cccc(F)c2)c1=O. The second-order valence-electron chi connectivity index (χ2n) is 5.04. The van der Waals surface area contributed by atoms with Crippen molar-refractivity contribution in [1.29, 1.82) is 0 Å². The minimum Gasteiger partial charge on any atom is -0.267 e. The summed E-state index contributed by atoms with van der Waals surface area (Å²) in [4.78, 5) is 12.3. The Morgan fingerprint density at radius 1 is 1.04 bits per heavy atom. The van der Waals surface area contributed by atoms with Crippen molar-refractivity contribution in [1.82, 2.24) is 9.78 Å². The van der Waals surface area contributed by atoms with Gasteiger partial charge in [0, 0.05) is 11.1 Å². The molecule has 3 aromatic rings. The molecule has 6 heteroatoms. The summed E-state index contributed by atoms with van der Waals surface area (Å²) in [5.74, 6) is -0.436. The van der Waals surface area contributed by atoms with Crippen LogP contribution in [0.25, 0.3) is 16.9 Å². The van der Waals surface area contributed by atoms with Gasteiger partial charge < -0.3 is 0 Å². The largest absolute Gasteiger partial charge is 0.274 e. The molecule has 0 atom stereocenters. The van der Waals surface area contributed by atoms with Crippen molar-refractivity contribution in [3.8, 4) is 16.9 Å². The number of aryl methyl sites for hydroxylation is 1. The van der Waals surface area contributed by atoms with E-state index in [1.165, 1.54) is 22.9 Å². The molecule has 2 aromatic carbocycles. The van der Waals surface area contributed by atoms with Crippen molar-refractivity contribution in [3.63, 3.8) is 0 Å². The first-order valence-electron chi connectivity index (χ1n) is 6.78. The van der Waals surface area contributed by atoms with E-state index in [0.717, 1.165) is 0 Å². The first-order chi connectivity index (χ1) is 11.0. The molecular weight excluding hydrogens is 338 g/mol. The van der Waals surface area contributed by atoms with Crippen LogP contribution in [0.2, 0.25) is 10.0 Å². The third-order valence-corrected chi connectivity index (χ3v) is 4.10. The van der Waals surface area contributed by atoms with Crippen molar-refractivity contribution in [3.05, 3.63) is 80.3 Å². The van der Waals surface area contributed by atoms with E-state index < -0.39 is 5.82 Å². The minimum absolute atomic E-state index is 0.306. The predicted molar refractivity (Wildman–Crippen MR) is 90.0 cm³/mol. The maximum Gasteiger partial charge on any atom is 0.274 e. The van der Waals surface area contributed by atoms with Gasteiger partial charge in [-0.3, -0.25) is 4.79 Å². The van der Waals surface area contributed by atoms with Crippen LogP contribution in [-0.2, 0) is 0 Å². The first-order valence-corrected chi connectivity index (χ1v) is 7.53. The van der Waals surface area contributed by atoms with E-state index in [0.29, 0.717) is 32.6 Å². The van der Waals surface area contributed by atoms with Gasteiger partial charge in [0.25, 0.3) is 5.56 Å². The van der Waals surface area contributed by atoms with Crippen LogP contribution in [0.5, 0.6) is 0 Å². The van der Waals surface area contributed by atoms with Crippen molar-refractivity contribution >= 4 is 23.2 Å². The third kappa shape index (κ3) is 3.14. The fourth-order valence-electron chi connectivity index (χ4n) is 2.20. The number of hydrogen-bond acceptors (Lipinski definition) is 2. The van der Waals surface area contributed by atoms with Gasteiger partial charge in [0.15, 0.2) is 0 Å². The standard InChI is InChI=1S/C17H11Cl2FN2O/c1-10-7-16(11-5-6-14(18)15(19)8-11)21-22(17(10)23)13-4-2-3-12(20)9-13/h2-9H,1H3. The molecule has 0 saturated carbocycles. The molecule has 0 unspecified atom stereocenters. The lowest BCUT2D eigenvalue weighted by Gasteiger charge is -2.10. The lowest BCUT2D eigenvalue weighted by Crippen LogP contribution is -2.23. The van der Waals surface area contributed by atoms with Crippen molar-refractivity contribution in [2.75, 3.05) is 0 Å². The fourth-order valence-corrected chi connectivity index (χ4v) is 2.49. The number of halogens is 3. The molecule has 0 aliphatic carbocycles. The highest BCUT2D eigenvalue weighted by molar-refractivity contribution is 6.42. The summed E-state index contributed by atoms with van der Waals surface area (Å²) in [5.41, 5.74) is 1.81. The maximum absolute atomic E-state index is 13.4. The summed E-state index contributed by atoms with van der Waals surface area (Å²) in [6.45, 7) is 1.68. The Balaban J connectivity index is 2.21. The fraction of sp³-hybridized carbons (Fsp3) is 0.0588. The zero-order valence-electron chi connectivity index (χ0n) is 12.1. The van der Waals surface area contributed by atoms with Gasteiger partial charge in [-0.15, -0.1) is 0 Å². The third-order valence-electron chi connectivity index (χ3n) is 3.36. The van der Waals surface area contributed by atoms with Crippen LogP contribution in [0.15, 0.2) is 53.3 Å². The smallest absolute Gasteiger partial charge is 0.267 e. The highest BCUT2D eigenvalue weighted by Crippen LogP contribution is 2.27. The molecule has 0 N–H and O–H groups in total. The van der Waals surface area contributed by atoms with Gasteiger partial charge in [-0.1, -0.05) is 35.3 Å². The first kappa shape index (κ1) is 15.7. The summed E-state index contributed by atoms with van der Waals surface area (Å²) in [6, 6.07) is 12.5. The predicted octanol–water partition coefficient (Wildman–Crippen LogP) is 4.65.